The molecule has 2 rings (SSSR count). The topological polar surface area (TPSA) is 121 Å². The van der Waals surface area contributed by atoms with Crippen LogP contribution in [0.15, 0.2) is 36.5 Å². The fourth-order valence-corrected chi connectivity index (χ4v) is 2.51. The lowest BCUT2D eigenvalue weighted by molar-refractivity contribution is -0.140. The highest BCUT2D eigenvalue weighted by Crippen LogP contribution is 2.24. The normalized spacial score (nSPS) is 11.3. The van der Waals surface area contributed by atoms with Gasteiger partial charge >= 0.3 is 0 Å². The highest BCUT2D eigenvalue weighted by Gasteiger charge is 2.33. The zero-order valence-electron chi connectivity index (χ0n) is 15.4. The number of nitrogens with one attached hydrogen (secondary N) is 2. The van der Waals surface area contributed by atoms with E-state index in [2.05, 4.69) is 10.3 Å². The molecule has 0 radical (unpaired) electrons. The third-order valence-electron chi connectivity index (χ3n) is 4.01. The van der Waals surface area contributed by atoms with Gasteiger partial charge in [0.1, 0.15) is 17.3 Å². The summed E-state index contributed by atoms with van der Waals surface area (Å²) in [6.45, 7) is 0. The van der Waals surface area contributed by atoms with Crippen LogP contribution in [0, 0.1) is 5.82 Å². The average Bonchev–Trinajstić information content (AvgIpc) is 2.72. The van der Waals surface area contributed by atoms with Crippen LogP contribution in [-0.2, 0) is 9.59 Å². The number of rotatable bonds is 6. The number of nitrogens with zero attached hydrogens (tertiary/aromatic N) is 2. The summed E-state index contributed by atoms with van der Waals surface area (Å²) in [4.78, 5) is 40.9. The molecule has 1 atom stereocenters. The molecule has 0 saturated heterocycles. The number of carbonyl (C=O) groups excluding carboxylic acids is 3. The second-order valence-corrected chi connectivity index (χ2v) is 5.69. The van der Waals surface area contributed by atoms with E-state index in [9.17, 15) is 18.8 Å². The lowest BCUT2D eigenvalue weighted by atomic mass is 10.1. The van der Waals surface area contributed by atoms with Crippen LogP contribution < -0.4 is 15.5 Å². The summed E-state index contributed by atoms with van der Waals surface area (Å²) in [7, 11) is 3.95. The van der Waals surface area contributed by atoms with Crippen molar-refractivity contribution in [3.05, 3.63) is 47.9 Å². The Balaban J connectivity index is 2.31. The Kier molecular flexibility index (Phi) is 6.61. The third kappa shape index (κ3) is 4.23. The predicted octanol–water partition coefficient (Wildman–Crippen LogP) is 0.588. The van der Waals surface area contributed by atoms with Crippen LogP contribution in [0.5, 0.6) is 5.75 Å². The van der Waals surface area contributed by atoms with Gasteiger partial charge < -0.3 is 15.0 Å². The Hall–Kier alpha value is -3.53. The molecule has 0 fully saturated rings. The maximum absolute atomic E-state index is 14.5. The Morgan fingerprint density at radius 3 is 2.36 bits per heavy atom. The molecule has 28 heavy (non-hydrogen) atoms. The molecule has 3 N–H and O–H groups in total. The number of pyridine rings is 1. The van der Waals surface area contributed by atoms with Crippen LogP contribution >= 0.6 is 0 Å². The van der Waals surface area contributed by atoms with Crippen molar-refractivity contribution in [2.24, 2.45) is 0 Å². The first-order chi connectivity index (χ1) is 13.3. The highest BCUT2D eigenvalue weighted by molar-refractivity contribution is 6.08. The van der Waals surface area contributed by atoms with E-state index >= 15 is 0 Å². The number of amides is 3. The van der Waals surface area contributed by atoms with E-state index in [1.54, 1.807) is 24.3 Å². The molecule has 0 bridgehead atoms. The number of aromatic nitrogens is 1. The van der Waals surface area contributed by atoms with Gasteiger partial charge in [-0.15, -0.1) is 0 Å². The minimum atomic E-state index is -1.65. The average molecular weight is 390 g/mol. The first-order valence-corrected chi connectivity index (χ1v) is 8.06. The molecule has 0 saturated carbocycles. The van der Waals surface area contributed by atoms with Gasteiger partial charge in [-0.05, 0) is 30.3 Å². The Morgan fingerprint density at radius 2 is 1.86 bits per heavy atom. The predicted molar refractivity (Wildman–Crippen MR) is 96.1 cm³/mol. The zero-order valence-corrected chi connectivity index (χ0v) is 15.4. The van der Waals surface area contributed by atoms with E-state index in [1.165, 1.54) is 26.7 Å². The lowest BCUT2D eigenvalue weighted by Gasteiger charge is -2.25. The molecular formula is C18H19FN4O5. The minimum absolute atomic E-state index is 0.0257. The van der Waals surface area contributed by atoms with Crippen molar-refractivity contribution in [3.63, 3.8) is 0 Å². The van der Waals surface area contributed by atoms with Crippen molar-refractivity contribution in [2.75, 3.05) is 21.2 Å². The van der Waals surface area contributed by atoms with Gasteiger partial charge in [-0.25, -0.2) is 9.87 Å². The Labute approximate surface area is 160 Å². The number of hydrogen-bond donors (Lipinski definition) is 3. The monoisotopic (exact) mass is 390 g/mol. The quantitative estimate of drug-likeness (QED) is 0.377. The Bertz CT molecular complexity index is 872. The van der Waals surface area contributed by atoms with Crippen LogP contribution in [0.3, 0.4) is 0 Å². The molecule has 1 unspecified atom stereocenters. The first-order valence-electron chi connectivity index (χ1n) is 8.06. The molecular weight excluding hydrogens is 371 g/mol. The van der Waals surface area contributed by atoms with E-state index in [0.717, 1.165) is 17.2 Å². The summed E-state index contributed by atoms with van der Waals surface area (Å²) in [6.07, 6.45) is 1.14. The summed E-state index contributed by atoms with van der Waals surface area (Å²) in [5.74, 6) is -2.93. The number of benzene rings is 1. The van der Waals surface area contributed by atoms with Crippen molar-refractivity contribution >= 4 is 17.7 Å². The third-order valence-corrected chi connectivity index (χ3v) is 4.01. The van der Waals surface area contributed by atoms with Gasteiger partial charge in [0.15, 0.2) is 6.04 Å². The van der Waals surface area contributed by atoms with Gasteiger partial charge in [-0.1, -0.05) is 0 Å². The van der Waals surface area contributed by atoms with Crippen LogP contribution in [0.25, 0.3) is 11.3 Å². The van der Waals surface area contributed by atoms with E-state index in [4.69, 9.17) is 9.94 Å². The van der Waals surface area contributed by atoms with Gasteiger partial charge in [0.05, 0.1) is 12.7 Å². The van der Waals surface area contributed by atoms with Crippen molar-refractivity contribution in [2.45, 2.75) is 6.04 Å². The SMILES string of the molecule is CNC(=O)C(C(=O)NO)N(C)C(=O)c1cnc(-c2ccc(OC)cc2)c(F)c1. The second-order valence-electron chi connectivity index (χ2n) is 5.69. The van der Waals surface area contributed by atoms with E-state index in [0.29, 0.717) is 11.3 Å². The number of hydroxylamine groups is 1. The largest absolute Gasteiger partial charge is 0.497 e. The van der Waals surface area contributed by atoms with Gasteiger partial charge in [0.2, 0.25) is 0 Å². The van der Waals surface area contributed by atoms with E-state index in [1.807, 2.05) is 0 Å². The van der Waals surface area contributed by atoms with Crippen molar-refractivity contribution in [1.29, 1.82) is 0 Å². The molecule has 0 aliphatic heterocycles. The molecule has 9 nitrogen and oxygen atoms in total. The molecule has 0 aliphatic rings. The van der Waals surface area contributed by atoms with Crippen LogP contribution in [0.1, 0.15) is 10.4 Å². The fourth-order valence-electron chi connectivity index (χ4n) is 2.51. The van der Waals surface area contributed by atoms with Gasteiger partial charge in [0.25, 0.3) is 17.7 Å². The van der Waals surface area contributed by atoms with E-state index < -0.39 is 29.6 Å². The maximum atomic E-state index is 14.5. The van der Waals surface area contributed by atoms with Crippen molar-refractivity contribution < 1.29 is 28.7 Å². The standard InChI is InChI=1S/C18H19FN4O5/c1-20-16(24)15(17(25)22-27)23(2)18(26)11-8-13(19)14(21-9-11)10-4-6-12(28-3)7-5-10/h4-9,15,27H,1-3H3,(H,20,24)(H,22,25). The van der Waals surface area contributed by atoms with Crippen LogP contribution in [-0.4, -0.2) is 60.1 Å². The van der Waals surface area contributed by atoms with E-state index in [-0.39, 0.29) is 11.3 Å². The number of hydrogen-bond acceptors (Lipinski definition) is 6. The fraction of sp³-hybridized carbons (Fsp3) is 0.222. The summed E-state index contributed by atoms with van der Waals surface area (Å²) < 4.78 is 19.6. The number of carbonyl (C=O) groups is 3. The number of ether oxygens (including phenoxy) is 1. The van der Waals surface area contributed by atoms with Crippen molar-refractivity contribution in [3.8, 4) is 17.0 Å². The molecule has 0 spiro atoms. The molecule has 1 aromatic heterocycles. The molecule has 3 amide bonds. The molecule has 2 aromatic rings. The summed E-state index contributed by atoms with van der Waals surface area (Å²) in [5, 5.41) is 11.0. The van der Waals surface area contributed by atoms with Crippen LogP contribution in [0.4, 0.5) is 4.39 Å². The summed E-state index contributed by atoms with van der Waals surface area (Å²) in [5.41, 5.74) is 1.66. The smallest absolute Gasteiger partial charge is 0.275 e. The molecule has 148 valence electrons. The van der Waals surface area contributed by atoms with Gasteiger partial charge in [0, 0.05) is 25.9 Å². The lowest BCUT2D eigenvalue weighted by Crippen LogP contribution is -2.54. The molecule has 10 heteroatoms. The second kappa shape index (κ2) is 8.91. The maximum Gasteiger partial charge on any atom is 0.275 e. The minimum Gasteiger partial charge on any atom is -0.497 e. The molecule has 0 aliphatic carbocycles. The van der Waals surface area contributed by atoms with Gasteiger partial charge in [-0.2, -0.15) is 0 Å². The summed E-state index contributed by atoms with van der Waals surface area (Å²) in [6, 6.07) is 5.83. The zero-order chi connectivity index (χ0) is 20.8. The highest BCUT2D eigenvalue weighted by atomic mass is 19.1. The Morgan fingerprint density at radius 1 is 1.21 bits per heavy atom. The molecule has 1 aromatic carbocycles. The molecule has 1 heterocycles. The first kappa shape index (κ1) is 20.8. The number of halogens is 1. The summed E-state index contributed by atoms with van der Waals surface area (Å²) >= 11 is 0. The number of likely N-dealkylation sites (N-methyl/N-ethyl adjacent to an activating group) is 2. The van der Waals surface area contributed by atoms with Crippen LogP contribution in [0.2, 0.25) is 0 Å². The van der Waals surface area contributed by atoms with Gasteiger partial charge in [-0.3, -0.25) is 24.6 Å². The van der Waals surface area contributed by atoms with Crippen molar-refractivity contribution in [1.82, 2.24) is 20.7 Å². The number of methoxy groups -OCH3 is 1.